The molecule has 1 saturated heterocycles. The molecule has 0 bridgehead atoms. The summed E-state index contributed by atoms with van der Waals surface area (Å²) in [7, 11) is 0. The fourth-order valence-corrected chi connectivity index (χ4v) is 2.76. The summed E-state index contributed by atoms with van der Waals surface area (Å²) >= 11 is 0. The van der Waals surface area contributed by atoms with Gasteiger partial charge in [-0.25, -0.2) is 0 Å². The van der Waals surface area contributed by atoms with Crippen molar-refractivity contribution >= 4 is 29.9 Å². The fourth-order valence-electron chi connectivity index (χ4n) is 2.76. The van der Waals surface area contributed by atoms with Crippen LogP contribution in [-0.2, 0) is 16.0 Å². The molecule has 0 spiro atoms. The van der Waals surface area contributed by atoms with E-state index in [1.807, 2.05) is 49.9 Å². The third-order valence-electron chi connectivity index (χ3n) is 3.98. The van der Waals surface area contributed by atoms with E-state index in [0.717, 1.165) is 5.56 Å². The lowest BCUT2D eigenvalue weighted by atomic mass is 10.1. The first kappa shape index (κ1) is 19.3. The number of carbonyl (C=O) groups excluding carboxylic acids is 2. The van der Waals surface area contributed by atoms with Crippen LogP contribution in [0.3, 0.4) is 0 Å². The van der Waals surface area contributed by atoms with Crippen molar-refractivity contribution in [2.45, 2.75) is 51.6 Å². The zero-order valence-corrected chi connectivity index (χ0v) is 14.8. The zero-order valence-electron chi connectivity index (χ0n) is 14.0. The molecule has 2 amide bonds. The van der Waals surface area contributed by atoms with Crippen LogP contribution in [-0.4, -0.2) is 34.8 Å². The predicted octanol–water partition coefficient (Wildman–Crippen LogP) is 2.14. The van der Waals surface area contributed by atoms with Crippen molar-refractivity contribution in [3.8, 4) is 0 Å². The second-order valence-electron chi connectivity index (χ2n) is 6.84. The summed E-state index contributed by atoms with van der Waals surface area (Å²) < 4.78 is 0. The van der Waals surface area contributed by atoms with Gasteiger partial charge in [-0.15, -0.1) is 12.4 Å². The Balaban J connectivity index is 0.00000264. The molecule has 128 valence electrons. The number of nitrogens with two attached hydrogens (primary N) is 1. The minimum absolute atomic E-state index is 0. The molecule has 1 unspecified atom stereocenters. The van der Waals surface area contributed by atoms with Crippen LogP contribution in [0, 0.1) is 0 Å². The lowest BCUT2D eigenvalue weighted by Crippen LogP contribution is -2.44. The van der Waals surface area contributed by atoms with Gasteiger partial charge in [0.15, 0.2) is 0 Å². The van der Waals surface area contributed by atoms with Crippen LogP contribution >= 0.6 is 12.4 Å². The molecule has 1 heterocycles. The molecule has 0 radical (unpaired) electrons. The van der Waals surface area contributed by atoms with Gasteiger partial charge in [-0.1, -0.05) is 18.2 Å². The minimum Gasteiger partial charge on any atom is -0.399 e. The number of carbonyl (C=O) groups is 2. The number of amides is 2. The number of aryl methyl sites for hydroxylation is 1. The number of anilines is 1. The van der Waals surface area contributed by atoms with Crippen molar-refractivity contribution in [3.05, 3.63) is 29.8 Å². The highest BCUT2D eigenvalue weighted by Crippen LogP contribution is 2.22. The number of benzene rings is 1. The molecular formula is C17H26ClN3O2. The van der Waals surface area contributed by atoms with Crippen LogP contribution < -0.4 is 11.1 Å². The quantitative estimate of drug-likeness (QED) is 0.825. The van der Waals surface area contributed by atoms with Crippen LogP contribution in [0.2, 0.25) is 0 Å². The van der Waals surface area contributed by atoms with Crippen LogP contribution in [0.25, 0.3) is 0 Å². The van der Waals surface area contributed by atoms with Crippen molar-refractivity contribution < 1.29 is 9.59 Å². The van der Waals surface area contributed by atoms with Gasteiger partial charge >= 0.3 is 0 Å². The van der Waals surface area contributed by atoms with Gasteiger partial charge < -0.3 is 16.0 Å². The molecule has 0 aromatic heterocycles. The fraction of sp³-hybridized carbons (Fsp3) is 0.529. The number of nitrogen functional groups attached to an aromatic ring is 1. The van der Waals surface area contributed by atoms with E-state index < -0.39 is 0 Å². The average molecular weight is 340 g/mol. The first-order valence-corrected chi connectivity index (χ1v) is 7.70. The number of para-hydroxylation sites is 1. The van der Waals surface area contributed by atoms with Crippen molar-refractivity contribution in [1.29, 1.82) is 0 Å². The van der Waals surface area contributed by atoms with Gasteiger partial charge in [-0.3, -0.25) is 9.59 Å². The Hall–Kier alpha value is -1.75. The molecule has 1 aromatic carbocycles. The summed E-state index contributed by atoms with van der Waals surface area (Å²) in [5.41, 5.74) is 7.37. The number of likely N-dealkylation sites (tertiary alicyclic amines) is 1. The summed E-state index contributed by atoms with van der Waals surface area (Å²) in [5.74, 6) is 0.0712. The van der Waals surface area contributed by atoms with Gasteiger partial charge in [0, 0.05) is 30.6 Å². The normalized spacial score (nSPS) is 17.8. The highest BCUT2D eigenvalue weighted by atomic mass is 35.5. The summed E-state index contributed by atoms with van der Waals surface area (Å²) in [6.07, 6.45) is 1.38. The molecule has 3 N–H and O–H groups in total. The Morgan fingerprint density at radius 3 is 2.57 bits per heavy atom. The Bertz CT molecular complexity index is 569. The van der Waals surface area contributed by atoms with Crippen molar-refractivity contribution in [3.63, 3.8) is 0 Å². The lowest BCUT2D eigenvalue weighted by Gasteiger charge is -2.32. The number of nitrogens with zero attached hydrogens (tertiary/aromatic N) is 1. The SMILES string of the molecule is CC(C)(C)N1CC(NC(=O)CCc2ccccc2N)CC1=O.Cl. The first-order valence-electron chi connectivity index (χ1n) is 7.70. The van der Waals surface area contributed by atoms with Gasteiger partial charge in [0.2, 0.25) is 11.8 Å². The van der Waals surface area contributed by atoms with Gasteiger partial charge in [-0.2, -0.15) is 0 Å². The molecule has 23 heavy (non-hydrogen) atoms. The minimum atomic E-state index is -0.199. The number of nitrogens with one attached hydrogen (secondary N) is 1. The van der Waals surface area contributed by atoms with E-state index in [0.29, 0.717) is 31.5 Å². The zero-order chi connectivity index (χ0) is 16.3. The molecule has 5 nitrogen and oxygen atoms in total. The second kappa shape index (κ2) is 7.68. The van der Waals surface area contributed by atoms with Gasteiger partial charge in [0.1, 0.15) is 0 Å². The summed E-state index contributed by atoms with van der Waals surface area (Å²) in [5, 5.41) is 2.96. The van der Waals surface area contributed by atoms with E-state index in [2.05, 4.69) is 5.32 Å². The predicted molar refractivity (Wildman–Crippen MR) is 94.4 cm³/mol. The third kappa shape index (κ3) is 5.13. The average Bonchev–Trinajstić information content (AvgIpc) is 2.78. The molecule has 0 aliphatic carbocycles. The molecular weight excluding hydrogens is 314 g/mol. The molecule has 1 atom stereocenters. The Kier molecular flexibility index (Phi) is 6.45. The molecule has 1 fully saturated rings. The molecule has 0 saturated carbocycles. The molecule has 2 rings (SSSR count). The first-order chi connectivity index (χ1) is 10.3. The highest BCUT2D eigenvalue weighted by molar-refractivity contribution is 5.85. The van der Waals surface area contributed by atoms with Gasteiger partial charge in [0.25, 0.3) is 0 Å². The Morgan fingerprint density at radius 1 is 1.35 bits per heavy atom. The van der Waals surface area contributed by atoms with E-state index in [9.17, 15) is 9.59 Å². The summed E-state index contributed by atoms with van der Waals surface area (Å²) in [6, 6.07) is 7.48. The van der Waals surface area contributed by atoms with E-state index >= 15 is 0 Å². The molecule has 1 aliphatic heterocycles. The van der Waals surface area contributed by atoms with Crippen molar-refractivity contribution in [2.24, 2.45) is 0 Å². The molecule has 1 aliphatic rings. The van der Waals surface area contributed by atoms with Crippen molar-refractivity contribution in [1.82, 2.24) is 10.2 Å². The molecule has 1 aromatic rings. The number of halogens is 1. The van der Waals surface area contributed by atoms with Crippen LogP contribution in [0.4, 0.5) is 5.69 Å². The lowest BCUT2D eigenvalue weighted by molar-refractivity contribution is -0.131. The van der Waals surface area contributed by atoms with Crippen molar-refractivity contribution in [2.75, 3.05) is 12.3 Å². The topological polar surface area (TPSA) is 75.4 Å². The van der Waals surface area contributed by atoms with E-state index in [4.69, 9.17) is 5.73 Å². The number of hydrogen-bond donors (Lipinski definition) is 2. The van der Waals surface area contributed by atoms with Gasteiger partial charge in [-0.05, 0) is 38.8 Å². The standard InChI is InChI=1S/C17H25N3O2.ClH/c1-17(2,3)20-11-13(10-16(20)22)19-15(21)9-8-12-6-4-5-7-14(12)18;/h4-7,13H,8-11,18H2,1-3H3,(H,19,21);1H. The van der Waals surface area contributed by atoms with Crippen LogP contribution in [0.5, 0.6) is 0 Å². The summed E-state index contributed by atoms with van der Waals surface area (Å²) in [6.45, 7) is 6.61. The monoisotopic (exact) mass is 339 g/mol. The van der Waals surface area contributed by atoms with Gasteiger partial charge in [0.05, 0.1) is 6.04 Å². The third-order valence-corrected chi connectivity index (χ3v) is 3.98. The van der Waals surface area contributed by atoms with Crippen LogP contribution in [0.1, 0.15) is 39.2 Å². The largest absolute Gasteiger partial charge is 0.399 e. The Morgan fingerprint density at radius 2 is 2.00 bits per heavy atom. The van der Waals surface area contributed by atoms with E-state index in [-0.39, 0.29) is 35.8 Å². The van der Waals surface area contributed by atoms with E-state index in [1.165, 1.54) is 0 Å². The van der Waals surface area contributed by atoms with Crippen LogP contribution in [0.15, 0.2) is 24.3 Å². The van der Waals surface area contributed by atoms with E-state index in [1.54, 1.807) is 0 Å². The maximum atomic E-state index is 12.1. The molecule has 6 heteroatoms. The Labute approximate surface area is 144 Å². The number of rotatable bonds is 4. The maximum Gasteiger partial charge on any atom is 0.225 e. The smallest absolute Gasteiger partial charge is 0.225 e. The number of hydrogen-bond acceptors (Lipinski definition) is 3. The maximum absolute atomic E-state index is 12.1. The highest BCUT2D eigenvalue weighted by Gasteiger charge is 2.36. The summed E-state index contributed by atoms with van der Waals surface area (Å²) in [4.78, 5) is 25.9. The second-order valence-corrected chi connectivity index (χ2v) is 6.84.